The number of piperidine rings is 1. The molecule has 1 saturated heterocycles. The molecule has 1 atom stereocenters. The first-order valence-electron chi connectivity index (χ1n) is 10.4. The predicted molar refractivity (Wildman–Crippen MR) is 110 cm³/mol. The summed E-state index contributed by atoms with van der Waals surface area (Å²) in [5, 5.41) is 0. The van der Waals surface area contributed by atoms with Crippen LogP contribution in [0.3, 0.4) is 0 Å². The lowest BCUT2D eigenvalue weighted by Crippen LogP contribution is -2.50. The minimum atomic E-state index is -3.26. The second-order valence-electron chi connectivity index (χ2n) is 9.47. The van der Waals surface area contributed by atoms with Crippen LogP contribution in [-0.2, 0) is 24.8 Å². The molecule has 156 valence electrons. The highest BCUT2D eigenvalue weighted by molar-refractivity contribution is 7.90. The molecule has 5 nitrogen and oxygen atoms in total. The molecule has 1 aromatic carbocycles. The minimum Gasteiger partial charge on any atom is -0.461 e. The molecule has 28 heavy (non-hydrogen) atoms. The standard InChI is InChI=1S/C22H34NO4S/c1-22(17-7-5-6-8-17,18-9-11-20(12-10-18)28(4,25)26)21(24)27-19-13-15-23(2,3)16-14-19/h9-12,17,19H,5-8,13-16H2,1-4H3/q+1. The summed E-state index contributed by atoms with van der Waals surface area (Å²) in [5.41, 5.74) is 0.137. The topological polar surface area (TPSA) is 60.4 Å². The molecule has 1 aliphatic carbocycles. The fourth-order valence-corrected chi connectivity index (χ4v) is 5.34. The van der Waals surface area contributed by atoms with Gasteiger partial charge in [-0.05, 0) is 43.4 Å². The summed E-state index contributed by atoms with van der Waals surface area (Å²) in [4.78, 5) is 13.7. The number of carbonyl (C=O) groups excluding carboxylic acids is 1. The number of rotatable bonds is 5. The highest BCUT2D eigenvalue weighted by Gasteiger charge is 2.46. The van der Waals surface area contributed by atoms with E-state index in [0.29, 0.717) is 0 Å². The van der Waals surface area contributed by atoms with Crippen LogP contribution in [0.15, 0.2) is 29.2 Å². The molecule has 3 rings (SSSR count). The summed E-state index contributed by atoms with van der Waals surface area (Å²) >= 11 is 0. The van der Waals surface area contributed by atoms with E-state index in [2.05, 4.69) is 14.1 Å². The third kappa shape index (κ3) is 4.43. The lowest BCUT2D eigenvalue weighted by molar-refractivity contribution is -0.896. The van der Waals surface area contributed by atoms with Gasteiger partial charge in [-0.1, -0.05) is 25.0 Å². The van der Waals surface area contributed by atoms with Crippen molar-refractivity contribution in [3.8, 4) is 0 Å². The van der Waals surface area contributed by atoms with Crippen molar-refractivity contribution in [2.75, 3.05) is 33.4 Å². The van der Waals surface area contributed by atoms with E-state index >= 15 is 0 Å². The van der Waals surface area contributed by atoms with Crippen molar-refractivity contribution < 1.29 is 22.4 Å². The molecule has 0 bridgehead atoms. The lowest BCUT2D eigenvalue weighted by Gasteiger charge is -2.39. The van der Waals surface area contributed by atoms with Crippen LogP contribution in [0.5, 0.6) is 0 Å². The lowest BCUT2D eigenvalue weighted by atomic mass is 9.71. The number of nitrogens with zero attached hydrogens (tertiary/aromatic N) is 1. The van der Waals surface area contributed by atoms with Gasteiger partial charge >= 0.3 is 5.97 Å². The van der Waals surface area contributed by atoms with Crippen LogP contribution in [0, 0.1) is 5.92 Å². The molecule has 1 heterocycles. The van der Waals surface area contributed by atoms with E-state index in [4.69, 9.17) is 4.74 Å². The van der Waals surface area contributed by atoms with Crippen LogP contribution in [0.25, 0.3) is 0 Å². The van der Waals surface area contributed by atoms with E-state index in [1.165, 1.54) is 6.26 Å². The van der Waals surface area contributed by atoms with Crippen molar-refractivity contribution >= 4 is 15.8 Å². The summed E-state index contributed by atoms with van der Waals surface area (Å²) in [6.07, 6.45) is 7.25. The molecule has 0 N–H and O–H groups in total. The monoisotopic (exact) mass is 408 g/mol. The zero-order chi connectivity index (χ0) is 20.6. The molecule has 1 unspecified atom stereocenters. The average Bonchev–Trinajstić information content (AvgIpc) is 3.17. The van der Waals surface area contributed by atoms with Gasteiger partial charge in [-0.2, -0.15) is 0 Å². The number of quaternary nitrogens is 1. The molecule has 1 saturated carbocycles. The fraction of sp³-hybridized carbons (Fsp3) is 0.682. The van der Waals surface area contributed by atoms with E-state index < -0.39 is 15.3 Å². The zero-order valence-electron chi connectivity index (χ0n) is 17.6. The van der Waals surface area contributed by atoms with Gasteiger partial charge in [0.1, 0.15) is 6.10 Å². The van der Waals surface area contributed by atoms with Crippen molar-refractivity contribution in [3.05, 3.63) is 29.8 Å². The maximum absolute atomic E-state index is 13.4. The van der Waals surface area contributed by atoms with Crippen molar-refractivity contribution in [2.24, 2.45) is 5.92 Å². The zero-order valence-corrected chi connectivity index (χ0v) is 18.4. The normalized spacial score (nSPS) is 23.3. The highest BCUT2D eigenvalue weighted by Crippen LogP contribution is 2.43. The van der Waals surface area contributed by atoms with Crippen molar-refractivity contribution in [2.45, 2.75) is 61.9 Å². The summed E-state index contributed by atoms with van der Waals surface area (Å²) in [6.45, 7) is 4.02. The molecular formula is C22H34NO4S+. The van der Waals surface area contributed by atoms with Gasteiger partial charge in [0.2, 0.25) is 0 Å². The Morgan fingerprint density at radius 3 is 2.07 bits per heavy atom. The van der Waals surface area contributed by atoms with Gasteiger partial charge in [0.25, 0.3) is 0 Å². The number of sulfone groups is 1. The van der Waals surface area contributed by atoms with Gasteiger partial charge in [-0.3, -0.25) is 4.79 Å². The Labute approximate surface area is 169 Å². The van der Waals surface area contributed by atoms with Crippen molar-refractivity contribution in [1.29, 1.82) is 0 Å². The van der Waals surface area contributed by atoms with E-state index in [0.717, 1.165) is 61.7 Å². The van der Waals surface area contributed by atoms with E-state index in [1.807, 2.05) is 6.92 Å². The second-order valence-corrected chi connectivity index (χ2v) is 11.5. The Hall–Kier alpha value is -1.40. The number of ether oxygens (including phenoxy) is 1. The Morgan fingerprint density at radius 1 is 1.04 bits per heavy atom. The van der Waals surface area contributed by atoms with E-state index in [-0.39, 0.29) is 22.9 Å². The van der Waals surface area contributed by atoms with Gasteiger partial charge in [-0.25, -0.2) is 8.42 Å². The number of carbonyl (C=O) groups is 1. The molecule has 0 amide bonds. The molecule has 0 radical (unpaired) electrons. The first-order chi connectivity index (χ1) is 13.0. The summed E-state index contributed by atoms with van der Waals surface area (Å²) in [7, 11) is 1.17. The maximum Gasteiger partial charge on any atom is 0.316 e. The van der Waals surface area contributed by atoms with Gasteiger partial charge in [0.15, 0.2) is 9.84 Å². The van der Waals surface area contributed by atoms with Crippen molar-refractivity contribution in [3.63, 3.8) is 0 Å². The molecule has 6 heteroatoms. The molecule has 0 aromatic heterocycles. The first-order valence-corrected chi connectivity index (χ1v) is 12.3. The smallest absolute Gasteiger partial charge is 0.316 e. The largest absolute Gasteiger partial charge is 0.461 e. The van der Waals surface area contributed by atoms with E-state index in [1.54, 1.807) is 24.3 Å². The number of hydrogen-bond donors (Lipinski definition) is 0. The van der Waals surface area contributed by atoms with Crippen LogP contribution >= 0.6 is 0 Å². The Morgan fingerprint density at radius 2 is 1.57 bits per heavy atom. The number of hydrogen-bond acceptors (Lipinski definition) is 4. The van der Waals surface area contributed by atoms with Gasteiger partial charge in [0, 0.05) is 19.1 Å². The molecule has 2 aliphatic rings. The van der Waals surface area contributed by atoms with Crippen LogP contribution in [0.1, 0.15) is 51.0 Å². The first kappa shape index (κ1) is 21.3. The molecule has 0 spiro atoms. The molecular weight excluding hydrogens is 374 g/mol. The number of esters is 1. The Bertz CT molecular complexity index is 799. The average molecular weight is 409 g/mol. The predicted octanol–water partition coefficient (Wildman–Crippen LogP) is 3.32. The van der Waals surface area contributed by atoms with Gasteiger partial charge < -0.3 is 9.22 Å². The Balaban J connectivity index is 1.84. The summed E-state index contributed by atoms with van der Waals surface area (Å²) < 4.78 is 30.6. The third-order valence-electron chi connectivity index (χ3n) is 6.86. The van der Waals surface area contributed by atoms with E-state index in [9.17, 15) is 13.2 Å². The van der Waals surface area contributed by atoms with Crippen molar-refractivity contribution in [1.82, 2.24) is 0 Å². The van der Waals surface area contributed by atoms with Crippen LogP contribution in [0.4, 0.5) is 0 Å². The van der Waals surface area contributed by atoms with Gasteiger partial charge in [-0.15, -0.1) is 0 Å². The second kappa shape index (κ2) is 7.79. The SMILES string of the molecule is CC(C(=O)OC1CC[N+](C)(C)CC1)(c1ccc(S(C)(=O)=O)cc1)C1CCCC1. The summed E-state index contributed by atoms with van der Waals surface area (Å²) in [6, 6.07) is 6.84. The third-order valence-corrected chi connectivity index (χ3v) is 7.99. The molecule has 1 aliphatic heterocycles. The fourth-order valence-electron chi connectivity index (χ4n) is 4.71. The Kier molecular flexibility index (Phi) is 5.93. The number of benzene rings is 1. The van der Waals surface area contributed by atoms with Gasteiger partial charge in [0.05, 0.1) is 37.5 Å². The highest BCUT2D eigenvalue weighted by atomic mass is 32.2. The van der Waals surface area contributed by atoms with Crippen LogP contribution < -0.4 is 0 Å². The quantitative estimate of drug-likeness (QED) is 0.554. The molecule has 1 aromatic rings. The maximum atomic E-state index is 13.4. The minimum absolute atomic E-state index is 0.0188. The van der Waals surface area contributed by atoms with Crippen LogP contribution in [0.2, 0.25) is 0 Å². The molecule has 2 fully saturated rings. The van der Waals surface area contributed by atoms with Crippen LogP contribution in [-0.4, -0.2) is 58.4 Å². The summed E-state index contributed by atoms with van der Waals surface area (Å²) in [5.74, 6) is 0.0867. The number of likely N-dealkylation sites (tertiary alicyclic amines) is 1.